The van der Waals surface area contributed by atoms with Crippen molar-refractivity contribution in [3.05, 3.63) is 0 Å². The van der Waals surface area contributed by atoms with Crippen molar-refractivity contribution < 1.29 is 42.9 Å². The Bertz CT molecular complexity index is 490. The monoisotopic (exact) mass is 347 g/mol. The van der Waals surface area contributed by atoms with Gasteiger partial charge >= 0.3 is 23.9 Å². The number of esters is 4. The molecule has 0 unspecified atom stereocenters. The van der Waals surface area contributed by atoms with E-state index in [1.807, 2.05) is 0 Å². The van der Waals surface area contributed by atoms with Crippen molar-refractivity contribution in [2.75, 3.05) is 6.61 Å². The Balaban J connectivity index is 3.08. The van der Waals surface area contributed by atoms with Crippen molar-refractivity contribution in [2.24, 2.45) is 5.73 Å². The Kier molecular flexibility index (Phi) is 7.11. The molecule has 0 spiro atoms. The Hall–Kier alpha value is -2.20. The van der Waals surface area contributed by atoms with Crippen molar-refractivity contribution in [3.63, 3.8) is 0 Å². The lowest BCUT2D eigenvalue weighted by atomic mass is 9.97. The molecule has 136 valence electrons. The molecule has 10 heteroatoms. The molecule has 0 radical (unpaired) electrons. The fourth-order valence-electron chi connectivity index (χ4n) is 2.20. The van der Waals surface area contributed by atoms with Crippen LogP contribution in [0.4, 0.5) is 0 Å². The van der Waals surface area contributed by atoms with Gasteiger partial charge in [0.25, 0.3) is 0 Å². The molecular formula is C14H21NO9. The van der Waals surface area contributed by atoms with Crippen LogP contribution in [-0.4, -0.2) is 61.1 Å². The van der Waals surface area contributed by atoms with Gasteiger partial charge in [0.2, 0.25) is 6.29 Å². The van der Waals surface area contributed by atoms with Crippen molar-refractivity contribution >= 4 is 23.9 Å². The molecule has 5 atom stereocenters. The maximum atomic E-state index is 11.3. The first-order chi connectivity index (χ1) is 11.1. The number of carbonyl (C=O) groups excluding carboxylic acids is 4. The summed E-state index contributed by atoms with van der Waals surface area (Å²) in [7, 11) is 0. The normalized spacial score (nSPS) is 29.3. The number of nitrogens with two attached hydrogens (primary N) is 1. The van der Waals surface area contributed by atoms with Crippen LogP contribution in [0.1, 0.15) is 27.7 Å². The number of hydrogen-bond acceptors (Lipinski definition) is 10. The van der Waals surface area contributed by atoms with Crippen LogP contribution in [0.3, 0.4) is 0 Å². The molecule has 0 aliphatic carbocycles. The van der Waals surface area contributed by atoms with Gasteiger partial charge in [-0.15, -0.1) is 0 Å². The highest BCUT2D eigenvalue weighted by molar-refractivity contribution is 5.68. The van der Waals surface area contributed by atoms with Gasteiger partial charge in [0, 0.05) is 27.7 Å². The molecule has 24 heavy (non-hydrogen) atoms. The molecule has 1 saturated heterocycles. The van der Waals surface area contributed by atoms with E-state index in [9.17, 15) is 19.2 Å². The predicted octanol–water partition coefficient (Wildman–Crippen LogP) is -0.972. The lowest BCUT2D eigenvalue weighted by molar-refractivity contribution is -0.267. The van der Waals surface area contributed by atoms with Crippen molar-refractivity contribution in [1.29, 1.82) is 0 Å². The number of hydrogen-bond donors (Lipinski definition) is 1. The van der Waals surface area contributed by atoms with Gasteiger partial charge in [-0.25, -0.2) is 0 Å². The third-order valence-corrected chi connectivity index (χ3v) is 3.03. The van der Waals surface area contributed by atoms with Crippen LogP contribution in [0.5, 0.6) is 0 Å². The molecule has 0 amide bonds. The van der Waals surface area contributed by atoms with Crippen molar-refractivity contribution in [1.82, 2.24) is 0 Å². The number of carbonyl (C=O) groups is 4. The lowest BCUT2D eigenvalue weighted by Gasteiger charge is -2.42. The summed E-state index contributed by atoms with van der Waals surface area (Å²) in [5, 5.41) is 0. The van der Waals surface area contributed by atoms with E-state index in [4.69, 9.17) is 29.4 Å². The zero-order chi connectivity index (χ0) is 18.4. The molecular weight excluding hydrogens is 326 g/mol. The van der Waals surface area contributed by atoms with E-state index >= 15 is 0 Å². The summed E-state index contributed by atoms with van der Waals surface area (Å²) in [6.07, 6.45) is -4.58. The minimum Gasteiger partial charge on any atom is -0.463 e. The fraction of sp³-hybridized carbons (Fsp3) is 0.714. The largest absolute Gasteiger partial charge is 0.463 e. The van der Waals surface area contributed by atoms with Crippen LogP contribution in [0.2, 0.25) is 0 Å². The van der Waals surface area contributed by atoms with Crippen LogP contribution in [0.25, 0.3) is 0 Å². The van der Waals surface area contributed by atoms with E-state index in [1.165, 1.54) is 6.92 Å². The van der Waals surface area contributed by atoms with E-state index in [1.54, 1.807) is 0 Å². The minimum atomic E-state index is -1.26. The van der Waals surface area contributed by atoms with Crippen LogP contribution >= 0.6 is 0 Å². The van der Waals surface area contributed by atoms with Crippen LogP contribution in [0, 0.1) is 0 Å². The SMILES string of the molecule is CC(=O)OC[C@@H]1O[C@H](OC(C)=O)[C@H](N)[C@@H](OC(C)=O)[C@@H]1OC(C)=O. The van der Waals surface area contributed by atoms with Crippen molar-refractivity contribution in [3.8, 4) is 0 Å². The number of rotatable bonds is 5. The summed E-state index contributed by atoms with van der Waals surface area (Å²) >= 11 is 0. The first-order valence-electron chi connectivity index (χ1n) is 7.18. The van der Waals surface area contributed by atoms with E-state index in [0.717, 1.165) is 20.8 Å². The van der Waals surface area contributed by atoms with Crippen LogP contribution in [0.15, 0.2) is 0 Å². The van der Waals surface area contributed by atoms with Gasteiger partial charge in [0.05, 0.1) is 0 Å². The average molecular weight is 347 g/mol. The minimum absolute atomic E-state index is 0.310. The summed E-state index contributed by atoms with van der Waals surface area (Å²) in [5.41, 5.74) is 5.93. The molecule has 0 aromatic carbocycles. The van der Waals surface area contributed by atoms with Gasteiger partial charge in [-0.1, -0.05) is 0 Å². The third kappa shape index (κ3) is 5.78. The third-order valence-electron chi connectivity index (χ3n) is 3.03. The zero-order valence-electron chi connectivity index (χ0n) is 13.8. The summed E-state index contributed by atoms with van der Waals surface area (Å²) in [5.74, 6) is -2.62. The average Bonchev–Trinajstić information content (AvgIpc) is 2.42. The maximum Gasteiger partial charge on any atom is 0.304 e. The molecule has 0 bridgehead atoms. The molecule has 1 aliphatic heterocycles. The van der Waals surface area contributed by atoms with Crippen LogP contribution < -0.4 is 5.73 Å². The fourth-order valence-corrected chi connectivity index (χ4v) is 2.20. The molecule has 2 N–H and O–H groups in total. The molecule has 1 fully saturated rings. The van der Waals surface area contributed by atoms with Gasteiger partial charge in [0.15, 0.2) is 12.2 Å². The van der Waals surface area contributed by atoms with E-state index in [0.29, 0.717) is 0 Å². The molecule has 0 aromatic heterocycles. The molecule has 0 aromatic rings. The van der Waals surface area contributed by atoms with Gasteiger partial charge in [0.1, 0.15) is 18.8 Å². The van der Waals surface area contributed by atoms with Gasteiger partial charge in [-0.05, 0) is 0 Å². The standard InChI is InChI=1S/C14H21NO9/c1-6(16)20-5-10-12(21-7(2)17)13(22-8(3)18)11(15)14(24-10)23-9(4)19/h10-14H,5,15H2,1-4H3/t10-,11+,12+,13+,14-/m0/s1. The second kappa shape index (κ2) is 8.60. The molecule has 1 heterocycles. The summed E-state index contributed by atoms with van der Waals surface area (Å²) in [6, 6.07) is -1.10. The van der Waals surface area contributed by atoms with Crippen LogP contribution in [-0.2, 0) is 42.9 Å². The van der Waals surface area contributed by atoms with E-state index < -0.39 is 54.5 Å². The van der Waals surface area contributed by atoms with Crippen molar-refractivity contribution in [2.45, 2.75) is 58.3 Å². The van der Waals surface area contributed by atoms with Gasteiger partial charge in [-0.3, -0.25) is 19.2 Å². The zero-order valence-corrected chi connectivity index (χ0v) is 13.8. The van der Waals surface area contributed by atoms with E-state index in [-0.39, 0.29) is 6.61 Å². The van der Waals surface area contributed by atoms with E-state index in [2.05, 4.69) is 0 Å². The Morgan fingerprint density at radius 2 is 1.33 bits per heavy atom. The summed E-state index contributed by atoms with van der Waals surface area (Å²) < 4.78 is 25.5. The smallest absolute Gasteiger partial charge is 0.304 e. The topological polar surface area (TPSA) is 140 Å². The Labute approximate surface area is 138 Å². The maximum absolute atomic E-state index is 11.3. The highest BCUT2D eigenvalue weighted by Gasteiger charge is 2.50. The second-order valence-electron chi connectivity index (χ2n) is 5.18. The highest BCUT2D eigenvalue weighted by atomic mass is 16.7. The molecule has 10 nitrogen and oxygen atoms in total. The summed E-state index contributed by atoms with van der Waals surface area (Å²) in [4.78, 5) is 44.9. The first kappa shape index (κ1) is 19.8. The Morgan fingerprint density at radius 3 is 1.79 bits per heavy atom. The van der Waals surface area contributed by atoms with Gasteiger partial charge < -0.3 is 29.4 Å². The Morgan fingerprint density at radius 1 is 0.833 bits per heavy atom. The lowest BCUT2D eigenvalue weighted by Crippen LogP contribution is -2.65. The van der Waals surface area contributed by atoms with Gasteiger partial charge in [-0.2, -0.15) is 0 Å². The molecule has 1 rings (SSSR count). The number of ether oxygens (including phenoxy) is 5. The second-order valence-corrected chi connectivity index (χ2v) is 5.18. The molecule has 0 saturated carbocycles. The first-order valence-corrected chi connectivity index (χ1v) is 7.18. The summed E-state index contributed by atoms with van der Waals surface area (Å²) in [6.45, 7) is 4.32. The predicted molar refractivity (Wildman–Crippen MR) is 76.1 cm³/mol. The quantitative estimate of drug-likeness (QED) is 0.487. The molecule has 1 aliphatic rings. The highest BCUT2D eigenvalue weighted by Crippen LogP contribution is 2.26.